The van der Waals surface area contributed by atoms with Crippen molar-refractivity contribution in [3.63, 3.8) is 0 Å². The van der Waals surface area contributed by atoms with Gasteiger partial charge in [0.05, 0.1) is 11.3 Å². The quantitative estimate of drug-likeness (QED) is 0.596. The summed E-state index contributed by atoms with van der Waals surface area (Å²) < 4.78 is 0. The summed E-state index contributed by atoms with van der Waals surface area (Å²) in [4.78, 5) is 33.9. The van der Waals surface area contributed by atoms with Gasteiger partial charge in [0.2, 0.25) is 5.91 Å². The van der Waals surface area contributed by atoms with Crippen LogP contribution in [0.25, 0.3) is 0 Å². The van der Waals surface area contributed by atoms with E-state index in [9.17, 15) is 24.8 Å². The molecule has 0 saturated heterocycles. The summed E-state index contributed by atoms with van der Waals surface area (Å²) in [6.45, 7) is 0. The van der Waals surface area contributed by atoms with E-state index in [0.717, 1.165) is 5.56 Å². The number of nitrogens with one attached hydrogen (secondary N) is 1. The highest BCUT2D eigenvalue weighted by atomic mass is 16.6. The molecule has 2 aromatic rings. The summed E-state index contributed by atoms with van der Waals surface area (Å²) in [6, 6.07) is 13.6. The second-order valence-corrected chi connectivity index (χ2v) is 5.21. The van der Waals surface area contributed by atoms with Gasteiger partial charge in [0, 0.05) is 18.1 Å². The molecule has 0 aliphatic heterocycles. The van der Waals surface area contributed by atoms with Crippen molar-refractivity contribution in [1.82, 2.24) is 5.32 Å². The van der Waals surface area contributed by atoms with Crippen molar-refractivity contribution in [2.24, 2.45) is 0 Å². The van der Waals surface area contributed by atoms with Gasteiger partial charge in [0.25, 0.3) is 5.69 Å². The fourth-order valence-corrected chi connectivity index (χ4v) is 2.31. The summed E-state index contributed by atoms with van der Waals surface area (Å²) in [6.07, 6.45) is -0.117. The smallest absolute Gasteiger partial charge is 0.326 e. The highest BCUT2D eigenvalue weighted by Gasteiger charge is 2.24. The van der Waals surface area contributed by atoms with Crippen molar-refractivity contribution in [3.05, 3.63) is 75.8 Å². The van der Waals surface area contributed by atoms with Crippen LogP contribution in [0.15, 0.2) is 54.6 Å². The van der Waals surface area contributed by atoms with Crippen LogP contribution in [0.5, 0.6) is 0 Å². The molecule has 0 aromatic heterocycles. The van der Waals surface area contributed by atoms with Gasteiger partial charge in [-0.05, 0) is 5.56 Å². The highest BCUT2D eigenvalue weighted by molar-refractivity contribution is 5.85. The van der Waals surface area contributed by atoms with Crippen LogP contribution in [-0.4, -0.2) is 27.9 Å². The zero-order valence-electron chi connectivity index (χ0n) is 12.7. The molecule has 7 heteroatoms. The number of aliphatic carboxylic acids is 1. The minimum atomic E-state index is -1.24. The van der Waals surface area contributed by atoms with Crippen LogP contribution in [0.1, 0.15) is 11.1 Å². The zero-order chi connectivity index (χ0) is 17.5. The van der Waals surface area contributed by atoms with Gasteiger partial charge in [-0.2, -0.15) is 0 Å². The predicted octanol–water partition coefficient (Wildman–Crippen LogP) is 1.95. The second kappa shape index (κ2) is 7.87. The number of para-hydroxylation sites is 1. The maximum absolute atomic E-state index is 12.0. The third-order valence-corrected chi connectivity index (χ3v) is 3.45. The Bertz CT molecular complexity index is 746. The topological polar surface area (TPSA) is 110 Å². The third kappa shape index (κ3) is 4.64. The minimum absolute atomic E-state index is 0.0432. The first-order valence-electron chi connectivity index (χ1n) is 7.25. The molecule has 0 radical (unpaired) electrons. The van der Waals surface area contributed by atoms with Gasteiger partial charge in [0.1, 0.15) is 6.04 Å². The Hall–Kier alpha value is -3.22. The summed E-state index contributed by atoms with van der Waals surface area (Å²) in [5.41, 5.74) is 0.848. The molecule has 7 nitrogen and oxygen atoms in total. The number of hydrogen-bond donors (Lipinski definition) is 2. The van der Waals surface area contributed by atoms with Gasteiger partial charge in [-0.3, -0.25) is 14.9 Å². The van der Waals surface area contributed by atoms with E-state index in [0.29, 0.717) is 0 Å². The summed E-state index contributed by atoms with van der Waals surface area (Å²) in [5.74, 6) is -1.69. The normalized spacial score (nSPS) is 11.5. The van der Waals surface area contributed by atoms with Gasteiger partial charge in [-0.15, -0.1) is 0 Å². The monoisotopic (exact) mass is 328 g/mol. The van der Waals surface area contributed by atoms with Gasteiger partial charge >= 0.3 is 5.97 Å². The summed E-state index contributed by atoms with van der Waals surface area (Å²) >= 11 is 0. The Kier molecular flexibility index (Phi) is 5.62. The number of nitrogens with zero attached hydrogens (tertiary/aromatic N) is 1. The van der Waals surface area contributed by atoms with Crippen LogP contribution >= 0.6 is 0 Å². The first-order valence-corrected chi connectivity index (χ1v) is 7.25. The molecule has 0 aliphatic carbocycles. The van der Waals surface area contributed by atoms with E-state index in [1.165, 1.54) is 18.2 Å². The molecule has 0 bridgehead atoms. The largest absolute Gasteiger partial charge is 0.480 e. The number of benzene rings is 2. The van der Waals surface area contributed by atoms with Crippen LogP contribution in [0.3, 0.4) is 0 Å². The van der Waals surface area contributed by atoms with Crippen molar-refractivity contribution in [2.75, 3.05) is 0 Å². The lowest BCUT2D eigenvalue weighted by Gasteiger charge is -2.14. The number of amides is 1. The maximum Gasteiger partial charge on any atom is 0.326 e. The number of nitro benzene ring substituents is 1. The molecular formula is C17H16N2O5. The fourth-order valence-electron chi connectivity index (χ4n) is 2.31. The number of carboxylic acids is 1. The van der Waals surface area contributed by atoms with Crippen molar-refractivity contribution in [3.8, 4) is 0 Å². The van der Waals surface area contributed by atoms with E-state index in [2.05, 4.69) is 5.32 Å². The average Bonchev–Trinajstić information content (AvgIpc) is 2.55. The molecule has 0 aliphatic rings. The van der Waals surface area contributed by atoms with Gasteiger partial charge in [-0.25, -0.2) is 4.79 Å². The van der Waals surface area contributed by atoms with Crippen LogP contribution < -0.4 is 5.32 Å². The van der Waals surface area contributed by atoms with Crippen LogP contribution in [0.4, 0.5) is 5.69 Å². The first kappa shape index (κ1) is 17.1. The second-order valence-electron chi connectivity index (χ2n) is 5.21. The number of hydrogen-bond acceptors (Lipinski definition) is 4. The molecule has 0 unspecified atom stereocenters. The van der Waals surface area contributed by atoms with Gasteiger partial charge in [-0.1, -0.05) is 48.5 Å². The lowest BCUT2D eigenvalue weighted by molar-refractivity contribution is -0.385. The Morgan fingerprint density at radius 2 is 1.71 bits per heavy atom. The molecule has 1 atom stereocenters. The molecule has 0 spiro atoms. The predicted molar refractivity (Wildman–Crippen MR) is 86.5 cm³/mol. The van der Waals surface area contributed by atoms with E-state index in [-0.39, 0.29) is 24.1 Å². The Morgan fingerprint density at radius 1 is 1.08 bits per heavy atom. The minimum Gasteiger partial charge on any atom is -0.480 e. The van der Waals surface area contributed by atoms with Crippen molar-refractivity contribution >= 4 is 17.6 Å². The van der Waals surface area contributed by atoms with Crippen molar-refractivity contribution in [2.45, 2.75) is 18.9 Å². The van der Waals surface area contributed by atoms with E-state index >= 15 is 0 Å². The molecule has 2 N–H and O–H groups in total. The first-order chi connectivity index (χ1) is 11.5. The van der Waals surface area contributed by atoms with E-state index in [1.807, 2.05) is 6.07 Å². The Labute approximate surface area is 138 Å². The number of carbonyl (C=O) groups is 2. The van der Waals surface area contributed by atoms with Crippen LogP contribution in [0.2, 0.25) is 0 Å². The van der Waals surface area contributed by atoms with Gasteiger partial charge in [0.15, 0.2) is 0 Å². The number of rotatable bonds is 7. The van der Waals surface area contributed by atoms with Gasteiger partial charge < -0.3 is 10.4 Å². The van der Waals surface area contributed by atoms with E-state index < -0.39 is 22.8 Å². The van der Waals surface area contributed by atoms with Crippen molar-refractivity contribution < 1.29 is 19.6 Å². The molecule has 124 valence electrons. The molecule has 1 amide bonds. The lowest BCUT2D eigenvalue weighted by Crippen LogP contribution is -2.43. The molecule has 0 saturated carbocycles. The average molecular weight is 328 g/mol. The fraction of sp³-hybridized carbons (Fsp3) is 0.176. The van der Waals surface area contributed by atoms with E-state index in [4.69, 9.17) is 0 Å². The number of carbonyl (C=O) groups excluding carboxylic acids is 1. The van der Waals surface area contributed by atoms with Crippen LogP contribution in [-0.2, 0) is 22.4 Å². The third-order valence-electron chi connectivity index (χ3n) is 3.45. The molecule has 24 heavy (non-hydrogen) atoms. The lowest BCUT2D eigenvalue weighted by atomic mass is 10.0. The molecule has 2 rings (SSSR count). The highest BCUT2D eigenvalue weighted by Crippen LogP contribution is 2.19. The van der Waals surface area contributed by atoms with E-state index in [1.54, 1.807) is 30.3 Å². The Balaban J connectivity index is 2.09. The standard InChI is InChI=1S/C17H16N2O5/c20-16(10-12-6-2-1-3-7-12)18-14(17(21)22)11-13-8-4-5-9-15(13)19(23)24/h1-9,14H,10-11H2,(H,18,20)(H,21,22)/t14-/m1/s1. The summed E-state index contributed by atoms with van der Waals surface area (Å²) in [7, 11) is 0. The summed E-state index contributed by atoms with van der Waals surface area (Å²) in [5, 5.41) is 22.7. The van der Waals surface area contributed by atoms with Crippen LogP contribution in [0, 0.1) is 10.1 Å². The molecule has 2 aromatic carbocycles. The SMILES string of the molecule is O=C(Cc1ccccc1)N[C@H](Cc1ccccc1[N+](=O)[O-])C(=O)O. The molecule has 0 heterocycles. The molecule has 0 fully saturated rings. The van der Waals surface area contributed by atoms with Crippen molar-refractivity contribution in [1.29, 1.82) is 0 Å². The Morgan fingerprint density at radius 3 is 2.33 bits per heavy atom. The number of carboxylic acid groups (broad SMARTS) is 1. The zero-order valence-corrected chi connectivity index (χ0v) is 12.7. The number of nitro groups is 1. The molecular weight excluding hydrogens is 312 g/mol. The maximum atomic E-state index is 12.0.